The van der Waals surface area contributed by atoms with Crippen LogP contribution in [0.5, 0.6) is 0 Å². The Balaban J connectivity index is 4.75. The normalized spacial score (nSPS) is 11.4. The van der Waals surface area contributed by atoms with E-state index < -0.39 is 23.9 Å². The van der Waals surface area contributed by atoms with Crippen molar-refractivity contribution in [3.8, 4) is 0 Å². The molecule has 0 saturated carbocycles. The lowest BCUT2D eigenvalue weighted by Gasteiger charge is -2.30. The Bertz CT molecular complexity index is 578. The Hall–Kier alpha value is -0.150. The van der Waals surface area contributed by atoms with Crippen LogP contribution in [0, 0.1) is 0 Å². The second-order valence-corrected chi connectivity index (χ2v) is 13.6. The van der Waals surface area contributed by atoms with Gasteiger partial charge in [0.1, 0.15) is 0 Å². The predicted octanol–water partition coefficient (Wildman–Crippen LogP) is 11.2. The summed E-state index contributed by atoms with van der Waals surface area (Å²) in [7, 11) is 0. The maximum Gasteiger partial charge on any atom is 0.423 e. The number of carbonyl (C=O) groups excluding carboxylic acids is 3. The molecule has 0 bridgehead atoms. The third kappa shape index (κ3) is 26.3. The average Bonchev–Trinajstić information content (AvgIpc) is 2.97. The molecule has 0 aromatic rings. The molecule has 248 valence electrons. The zero-order chi connectivity index (χ0) is 31.2. The summed E-state index contributed by atoms with van der Waals surface area (Å²) >= 11 is 10.4. The van der Waals surface area contributed by atoms with E-state index in [2.05, 4.69) is 47.8 Å². The van der Waals surface area contributed by atoms with Gasteiger partial charge in [0.25, 0.3) is 0 Å². The fraction of sp³-hybridized carbons (Fsp3) is 0.909. The molecule has 0 aromatic carbocycles. The summed E-state index contributed by atoms with van der Waals surface area (Å²) in [6, 6.07) is 0. The van der Waals surface area contributed by atoms with Gasteiger partial charge >= 0.3 is 23.9 Å². The molecule has 0 fully saturated rings. The van der Waals surface area contributed by atoms with Gasteiger partial charge in [-0.3, -0.25) is 14.4 Å². The Morgan fingerprint density at radius 3 is 0.833 bits per heavy atom. The summed E-state index contributed by atoms with van der Waals surface area (Å²) in [5, 5.41) is 3.13. The molecule has 0 aliphatic rings. The predicted molar refractivity (Wildman–Crippen MR) is 183 cm³/mol. The van der Waals surface area contributed by atoms with Gasteiger partial charge in [0, 0.05) is 35.3 Å². The standard InChI is InChI=1S/C33H59Br3O6/c1-2-33(40-30(37)24-18-12-6-3-9-15-21-27-34,41-31(38)25-19-13-7-4-10-16-22-28-35)42-32(39)26-20-14-8-5-11-17-23-29-36/h2-29H2,1H3. The van der Waals surface area contributed by atoms with Crippen LogP contribution in [0.4, 0.5) is 0 Å². The molecular formula is C33H59Br3O6. The first-order chi connectivity index (χ1) is 20.4. The number of ether oxygens (including phenoxy) is 3. The summed E-state index contributed by atoms with van der Waals surface area (Å²) < 4.78 is 16.8. The number of halogens is 3. The smallest absolute Gasteiger partial charge is 0.388 e. The number of esters is 3. The van der Waals surface area contributed by atoms with Crippen molar-refractivity contribution in [2.75, 3.05) is 16.0 Å². The molecule has 0 heterocycles. The van der Waals surface area contributed by atoms with Crippen molar-refractivity contribution in [1.82, 2.24) is 0 Å². The summed E-state index contributed by atoms with van der Waals surface area (Å²) in [6.07, 6.45) is 23.1. The van der Waals surface area contributed by atoms with Crippen molar-refractivity contribution in [3.63, 3.8) is 0 Å². The van der Waals surface area contributed by atoms with E-state index in [1.165, 1.54) is 57.8 Å². The molecule has 9 heteroatoms. The van der Waals surface area contributed by atoms with Crippen molar-refractivity contribution in [3.05, 3.63) is 0 Å². The lowest BCUT2D eigenvalue weighted by molar-refractivity contribution is -0.331. The van der Waals surface area contributed by atoms with Crippen molar-refractivity contribution < 1.29 is 28.6 Å². The minimum atomic E-state index is -1.98. The molecule has 0 unspecified atom stereocenters. The molecule has 0 amide bonds. The number of alkyl halides is 3. The topological polar surface area (TPSA) is 78.9 Å². The van der Waals surface area contributed by atoms with Crippen LogP contribution >= 0.6 is 47.8 Å². The number of carbonyl (C=O) groups is 3. The lowest BCUT2D eigenvalue weighted by atomic mass is 10.1. The van der Waals surface area contributed by atoms with E-state index in [0.29, 0.717) is 19.3 Å². The zero-order valence-corrected chi connectivity index (χ0v) is 31.1. The van der Waals surface area contributed by atoms with Crippen LogP contribution in [0.25, 0.3) is 0 Å². The number of unbranched alkanes of at least 4 members (excludes halogenated alkanes) is 18. The summed E-state index contributed by atoms with van der Waals surface area (Å²) in [6.45, 7) is 1.71. The largest absolute Gasteiger partial charge is 0.423 e. The van der Waals surface area contributed by atoms with Gasteiger partial charge in [0.2, 0.25) is 0 Å². The zero-order valence-electron chi connectivity index (χ0n) is 26.4. The molecule has 0 rings (SSSR count). The fourth-order valence-electron chi connectivity index (χ4n) is 4.70. The molecule has 0 aliphatic heterocycles. The van der Waals surface area contributed by atoms with E-state index in [-0.39, 0.29) is 25.7 Å². The summed E-state index contributed by atoms with van der Waals surface area (Å²) in [4.78, 5) is 38.3. The Morgan fingerprint density at radius 2 is 0.619 bits per heavy atom. The lowest BCUT2D eigenvalue weighted by Crippen LogP contribution is -2.44. The molecule has 0 atom stereocenters. The van der Waals surface area contributed by atoms with E-state index >= 15 is 0 Å². The molecule has 0 N–H and O–H groups in total. The van der Waals surface area contributed by atoms with Crippen LogP contribution in [0.3, 0.4) is 0 Å². The highest BCUT2D eigenvalue weighted by atomic mass is 79.9. The molecular weight excluding hydrogens is 732 g/mol. The van der Waals surface area contributed by atoms with Crippen LogP contribution in [-0.4, -0.2) is 39.9 Å². The van der Waals surface area contributed by atoms with Gasteiger partial charge < -0.3 is 14.2 Å². The summed E-state index contributed by atoms with van der Waals surface area (Å²) in [5.74, 6) is -3.47. The van der Waals surface area contributed by atoms with Gasteiger partial charge in [-0.2, -0.15) is 0 Å². The Morgan fingerprint density at radius 1 is 0.405 bits per heavy atom. The van der Waals surface area contributed by atoms with Gasteiger partial charge in [0.15, 0.2) is 0 Å². The highest BCUT2D eigenvalue weighted by Crippen LogP contribution is 2.25. The van der Waals surface area contributed by atoms with E-state index in [9.17, 15) is 14.4 Å². The van der Waals surface area contributed by atoms with Gasteiger partial charge in [0.05, 0.1) is 6.42 Å². The molecule has 0 aromatic heterocycles. The van der Waals surface area contributed by atoms with Crippen molar-refractivity contribution >= 4 is 65.7 Å². The minimum Gasteiger partial charge on any atom is -0.388 e. The molecule has 0 saturated heterocycles. The van der Waals surface area contributed by atoms with E-state index in [1.807, 2.05) is 0 Å². The number of hydrogen-bond donors (Lipinski definition) is 0. The van der Waals surface area contributed by atoms with Crippen LogP contribution in [0.1, 0.15) is 167 Å². The number of hydrogen-bond acceptors (Lipinski definition) is 6. The van der Waals surface area contributed by atoms with Gasteiger partial charge in [-0.25, -0.2) is 0 Å². The SMILES string of the molecule is CCC(OC(=O)CCCCCCCCCBr)(OC(=O)CCCCCCCCCBr)OC(=O)CCCCCCCCCBr. The molecule has 42 heavy (non-hydrogen) atoms. The molecule has 0 radical (unpaired) electrons. The van der Waals surface area contributed by atoms with Crippen molar-refractivity contribution in [2.45, 2.75) is 173 Å². The van der Waals surface area contributed by atoms with Gasteiger partial charge in [-0.15, -0.1) is 0 Å². The monoisotopic (exact) mass is 788 g/mol. The van der Waals surface area contributed by atoms with Crippen LogP contribution in [0.2, 0.25) is 0 Å². The Labute approximate surface area is 282 Å². The quantitative estimate of drug-likeness (QED) is 0.0301. The second kappa shape index (κ2) is 30.9. The number of rotatable bonds is 31. The van der Waals surface area contributed by atoms with Crippen LogP contribution in [-0.2, 0) is 28.6 Å². The molecule has 0 spiro atoms. The third-order valence-electron chi connectivity index (χ3n) is 7.28. The molecule has 6 nitrogen and oxygen atoms in total. The first kappa shape index (κ1) is 41.9. The van der Waals surface area contributed by atoms with E-state index in [4.69, 9.17) is 14.2 Å². The van der Waals surface area contributed by atoms with Crippen molar-refractivity contribution in [2.24, 2.45) is 0 Å². The van der Waals surface area contributed by atoms with Crippen molar-refractivity contribution in [1.29, 1.82) is 0 Å². The van der Waals surface area contributed by atoms with Gasteiger partial charge in [-0.05, 0) is 38.5 Å². The molecule has 0 aliphatic carbocycles. The fourth-order valence-corrected chi connectivity index (χ4v) is 5.89. The van der Waals surface area contributed by atoms with E-state index in [1.54, 1.807) is 6.92 Å². The van der Waals surface area contributed by atoms with Crippen LogP contribution < -0.4 is 0 Å². The third-order valence-corrected chi connectivity index (χ3v) is 8.97. The van der Waals surface area contributed by atoms with Gasteiger partial charge in [-0.1, -0.05) is 151 Å². The first-order valence-corrected chi connectivity index (χ1v) is 20.1. The van der Waals surface area contributed by atoms with E-state index in [0.717, 1.165) is 73.8 Å². The average molecular weight is 792 g/mol. The second-order valence-electron chi connectivity index (χ2n) is 11.2. The maximum absolute atomic E-state index is 12.8. The maximum atomic E-state index is 12.8. The Kier molecular flexibility index (Phi) is 30.7. The highest BCUT2D eigenvalue weighted by molar-refractivity contribution is 9.09. The first-order valence-electron chi connectivity index (χ1n) is 16.8. The van der Waals surface area contributed by atoms with Crippen LogP contribution in [0.15, 0.2) is 0 Å². The minimum absolute atomic E-state index is 0.0605. The summed E-state index contributed by atoms with van der Waals surface area (Å²) in [5.41, 5.74) is 0. The highest BCUT2D eigenvalue weighted by Gasteiger charge is 2.41.